The lowest BCUT2D eigenvalue weighted by Gasteiger charge is -2.03. The van der Waals surface area contributed by atoms with Crippen LogP contribution in [-0.4, -0.2) is 12.5 Å². The van der Waals surface area contributed by atoms with Crippen LogP contribution in [0.2, 0.25) is 0 Å². The van der Waals surface area contributed by atoms with E-state index >= 15 is 0 Å². The number of halogens is 1. The molecule has 2 nitrogen and oxygen atoms in total. The molecule has 0 heterocycles. The Morgan fingerprint density at radius 3 is 2.64 bits per heavy atom. The van der Waals surface area contributed by atoms with Gasteiger partial charge in [0.05, 0.1) is 12.3 Å². The molecule has 0 radical (unpaired) electrons. The van der Waals surface area contributed by atoms with E-state index in [0.717, 1.165) is 5.69 Å². The standard InChI is InChI=1S/C8H10ClNO/c9-6-7-11-10-8-4-2-1-3-5-8/h1-5,10H,6-7H2. The summed E-state index contributed by atoms with van der Waals surface area (Å²) in [6.07, 6.45) is 0. The Labute approximate surface area is 71.1 Å². The van der Waals surface area contributed by atoms with Crippen molar-refractivity contribution < 1.29 is 4.84 Å². The van der Waals surface area contributed by atoms with E-state index in [2.05, 4.69) is 5.48 Å². The Kier molecular flexibility index (Phi) is 3.80. The molecule has 60 valence electrons. The van der Waals surface area contributed by atoms with Crippen molar-refractivity contribution in [3.63, 3.8) is 0 Å². The van der Waals surface area contributed by atoms with Gasteiger partial charge in [-0.15, -0.1) is 11.6 Å². The average molecular weight is 172 g/mol. The molecule has 0 unspecified atom stereocenters. The van der Waals surface area contributed by atoms with Gasteiger partial charge >= 0.3 is 0 Å². The summed E-state index contributed by atoms with van der Waals surface area (Å²) in [5.41, 5.74) is 3.70. The fraction of sp³-hybridized carbons (Fsp3) is 0.250. The summed E-state index contributed by atoms with van der Waals surface area (Å²) in [5, 5.41) is 0. The molecule has 0 fully saturated rings. The molecule has 0 aromatic heterocycles. The van der Waals surface area contributed by atoms with Crippen molar-refractivity contribution in [2.75, 3.05) is 18.0 Å². The van der Waals surface area contributed by atoms with Crippen LogP contribution in [0.25, 0.3) is 0 Å². The van der Waals surface area contributed by atoms with Crippen molar-refractivity contribution in [2.45, 2.75) is 0 Å². The van der Waals surface area contributed by atoms with E-state index in [4.69, 9.17) is 16.4 Å². The zero-order valence-corrected chi connectivity index (χ0v) is 6.84. The highest BCUT2D eigenvalue weighted by molar-refractivity contribution is 6.17. The highest BCUT2D eigenvalue weighted by atomic mass is 35.5. The van der Waals surface area contributed by atoms with Crippen molar-refractivity contribution >= 4 is 17.3 Å². The molecule has 0 spiro atoms. The van der Waals surface area contributed by atoms with Gasteiger partial charge in [0, 0.05) is 5.88 Å². The van der Waals surface area contributed by atoms with Gasteiger partial charge in [-0.1, -0.05) is 18.2 Å². The molecular formula is C8H10ClNO. The van der Waals surface area contributed by atoms with E-state index in [1.165, 1.54) is 0 Å². The minimum Gasteiger partial charge on any atom is -0.275 e. The highest BCUT2D eigenvalue weighted by Crippen LogP contribution is 2.03. The van der Waals surface area contributed by atoms with E-state index < -0.39 is 0 Å². The number of hydrogen-bond acceptors (Lipinski definition) is 2. The molecule has 11 heavy (non-hydrogen) atoms. The second-order valence-electron chi connectivity index (χ2n) is 2.01. The first-order chi connectivity index (χ1) is 5.43. The Morgan fingerprint density at radius 2 is 2.00 bits per heavy atom. The molecule has 1 aromatic carbocycles. The Bertz CT molecular complexity index is 191. The first-order valence-corrected chi connectivity index (χ1v) is 3.96. The normalized spacial score (nSPS) is 9.55. The Balaban J connectivity index is 2.28. The van der Waals surface area contributed by atoms with Gasteiger partial charge in [-0.05, 0) is 12.1 Å². The van der Waals surface area contributed by atoms with Crippen molar-refractivity contribution in [3.8, 4) is 0 Å². The molecule has 3 heteroatoms. The zero-order valence-electron chi connectivity index (χ0n) is 6.09. The number of alkyl halides is 1. The van der Waals surface area contributed by atoms with Gasteiger partial charge in [-0.3, -0.25) is 10.3 Å². The lowest BCUT2D eigenvalue weighted by Crippen LogP contribution is -2.02. The number of rotatable bonds is 4. The van der Waals surface area contributed by atoms with Gasteiger partial charge in [-0.25, -0.2) is 0 Å². The fourth-order valence-corrected chi connectivity index (χ4v) is 0.756. The largest absolute Gasteiger partial charge is 0.275 e. The summed E-state index contributed by atoms with van der Waals surface area (Å²) in [7, 11) is 0. The van der Waals surface area contributed by atoms with Gasteiger partial charge in [0.2, 0.25) is 0 Å². The van der Waals surface area contributed by atoms with Gasteiger partial charge < -0.3 is 0 Å². The number of hydrogen-bond donors (Lipinski definition) is 1. The smallest absolute Gasteiger partial charge is 0.0881 e. The van der Waals surface area contributed by atoms with Crippen molar-refractivity contribution in [2.24, 2.45) is 0 Å². The summed E-state index contributed by atoms with van der Waals surface area (Å²) in [4.78, 5) is 4.99. The molecule has 0 aliphatic carbocycles. The van der Waals surface area contributed by atoms with Crippen LogP contribution in [0, 0.1) is 0 Å². The minimum absolute atomic E-state index is 0.500. The molecular weight excluding hydrogens is 162 g/mol. The molecule has 1 aromatic rings. The Morgan fingerprint density at radius 1 is 1.27 bits per heavy atom. The number of anilines is 1. The van der Waals surface area contributed by atoms with Gasteiger partial charge in [-0.2, -0.15) is 0 Å². The van der Waals surface area contributed by atoms with Crippen LogP contribution in [0.1, 0.15) is 0 Å². The van der Waals surface area contributed by atoms with E-state index in [1.807, 2.05) is 30.3 Å². The van der Waals surface area contributed by atoms with E-state index in [-0.39, 0.29) is 0 Å². The second-order valence-corrected chi connectivity index (χ2v) is 2.38. The molecule has 0 bridgehead atoms. The molecule has 1 rings (SSSR count). The maximum absolute atomic E-state index is 5.40. The predicted octanol–water partition coefficient (Wildman–Crippen LogP) is 2.27. The van der Waals surface area contributed by atoms with Crippen LogP contribution in [0.5, 0.6) is 0 Å². The quantitative estimate of drug-likeness (QED) is 0.426. The molecule has 0 amide bonds. The third-order valence-electron chi connectivity index (χ3n) is 1.14. The fourth-order valence-electron chi connectivity index (χ4n) is 0.679. The SMILES string of the molecule is ClCCONc1ccccc1. The van der Waals surface area contributed by atoms with Crippen LogP contribution < -0.4 is 5.48 Å². The first kappa shape index (κ1) is 8.37. The summed E-state index contributed by atoms with van der Waals surface area (Å²) in [5.74, 6) is 0.500. The van der Waals surface area contributed by atoms with Gasteiger partial charge in [0.15, 0.2) is 0 Å². The van der Waals surface area contributed by atoms with Crippen LogP contribution in [0.15, 0.2) is 30.3 Å². The monoisotopic (exact) mass is 171 g/mol. The van der Waals surface area contributed by atoms with Crippen molar-refractivity contribution in [3.05, 3.63) is 30.3 Å². The van der Waals surface area contributed by atoms with Crippen LogP contribution >= 0.6 is 11.6 Å². The van der Waals surface area contributed by atoms with Gasteiger partial charge in [0.1, 0.15) is 0 Å². The maximum Gasteiger partial charge on any atom is 0.0881 e. The molecule has 0 saturated heterocycles. The van der Waals surface area contributed by atoms with E-state index in [1.54, 1.807) is 0 Å². The number of para-hydroxylation sites is 1. The lowest BCUT2D eigenvalue weighted by molar-refractivity contribution is 0.212. The summed E-state index contributed by atoms with van der Waals surface area (Å²) < 4.78 is 0. The summed E-state index contributed by atoms with van der Waals surface area (Å²) in [6.45, 7) is 0.510. The first-order valence-electron chi connectivity index (χ1n) is 3.42. The maximum atomic E-state index is 5.40. The Hall–Kier alpha value is -0.730. The van der Waals surface area contributed by atoms with Crippen molar-refractivity contribution in [1.82, 2.24) is 0 Å². The minimum atomic E-state index is 0.500. The third kappa shape index (κ3) is 3.25. The summed E-state index contributed by atoms with van der Waals surface area (Å²) >= 11 is 5.40. The second kappa shape index (κ2) is 4.99. The average Bonchev–Trinajstić information content (AvgIpc) is 2.07. The zero-order chi connectivity index (χ0) is 7.94. The van der Waals surface area contributed by atoms with E-state index in [9.17, 15) is 0 Å². The molecule has 0 atom stereocenters. The number of benzene rings is 1. The molecule has 0 aliphatic heterocycles. The van der Waals surface area contributed by atoms with Crippen LogP contribution in [-0.2, 0) is 4.84 Å². The summed E-state index contributed by atoms with van der Waals surface area (Å²) in [6, 6.07) is 9.67. The highest BCUT2D eigenvalue weighted by Gasteiger charge is 1.86. The lowest BCUT2D eigenvalue weighted by atomic mass is 10.3. The van der Waals surface area contributed by atoms with Gasteiger partial charge in [0.25, 0.3) is 0 Å². The van der Waals surface area contributed by atoms with Crippen LogP contribution in [0.3, 0.4) is 0 Å². The van der Waals surface area contributed by atoms with Crippen LogP contribution in [0.4, 0.5) is 5.69 Å². The predicted molar refractivity (Wildman–Crippen MR) is 46.7 cm³/mol. The van der Waals surface area contributed by atoms with E-state index in [0.29, 0.717) is 12.5 Å². The molecule has 0 aliphatic rings. The molecule has 1 N–H and O–H groups in total. The topological polar surface area (TPSA) is 21.3 Å². The number of nitrogens with one attached hydrogen (secondary N) is 1. The molecule has 0 saturated carbocycles. The third-order valence-corrected chi connectivity index (χ3v) is 1.30. The van der Waals surface area contributed by atoms with Crippen molar-refractivity contribution in [1.29, 1.82) is 0 Å².